The number of hydrogen-bond acceptors (Lipinski definition) is 5. The van der Waals surface area contributed by atoms with Gasteiger partial charge in [-0.3, -0.25) is 9.88 Å². The van der Waals surface area contributed by atoms with Crippen LogP contribution < -0.4 is 10.8 Å². The molecule has 3 heterocycles. The molecule has 5 rings (SSSR count). The van der Waals surface area contributed by atoms with Crippen LogP contribution in [0.4, 0.5) is 23.4 Å². The van der Waals surface area contributed by atoms with E-state index in [9.17, 15) is 17.6 Å². The number of pyridine rings is 1. The van der Waals surface area contributed by atoms with E-state index in [0.29, 0.717) is 17.2 Å². The second-order valence-electron chi connectivity index (χ2n) is 9.50. The number of aromatic nitrogens is 3. The molecule has 1 fully saturated rings. The minimum absolute atomic E-state index is 0.0753. The zero-order valence-corrected chi connectivity index (χ0v) is 22.0. The lowest BCUT2D eigenvalue weighted by atomic mass is 9.87. The van der Waals surface area contributed by atoms with Crippen LogP contribution in [0.15, 0.2) is 60.8 Å². The number of nitrogens with zero attached hydrogens (tertiary/aromatic N) is 4. The standard InChI is InChI=1S/C27H27BF4N5P/c1-17-34-22-15-33-23(38-12-10-37(11-13-38)16-18-6-3-2-4-7-18)14-20(22)26(35-17)36-25(28)19-8-5-9-21(24(19)29)27(30,31)32/h2-9,14-15,25H,10-13,16,28H2,1H3,(H,34,35,36)/t25-/m1/s1. The maximum absolute atomic E-state index is 14.8. The van der Waals surface area contributed by atoms with E-state index in [1.807, 2.05) is 12.1 Å². The summed E-state index contributed by atoms with van der Waals surface area (Å²) in [4.78, 5) is 16.2. The fourth-order valence-electron chi connectivity index (χ4n) is 4.78. The number of hydrogen-bond donors (Lipinski definition) is 1. The molecular weight excluding hydrogens is 512 g/mol. The van der Waals surface area contributed by atoms with Gasteiger partial charge >= 0.3 is 6.18 Å². The van der Waals surface area contributed by atoms with Gasteiger partial charge < -0.3 is 5.32 Å². The normalized spacial score (nSPS) is 16.0. The number of benzene rings is 2. The molecule has 0 radical (unpaired) electrons. The average molecular weight is 539 g/mol. The molecule has 0 spiro atoms. The Balaban J connectivity index is 1.36. The van der Waals surface area contributed by atoms with E-state index in [1.54, 1.807) is 21.0 Å². The highest BCUT2D eigenvalue weighted by molar-refractivity contribution is 7.65. The number of fused-ring (bicyclic) bond motifs is 1. The quantitative estimate of drug-likeness (QED) is 0.216. The maximum atomic E-state index is 14.8. The van der Waals surface area contributed by atoms with Gasteiger partial charge in [-0.2, -0.15) is 13.2 Å². The van der Waals surface area contributed by atoms with Crippen LogP contribution in [0.3, 0.4) is 0 Å². The molecule has 1 atom stereocenters. The van der Waals surface area contributed by atoms with Gasteiger partial charge in [0.25, 0.3) is 0 Å². The zero-order valence-electron chi connectivity index (χ0n) is 21.1. The van der Waals surface area contributed by atoms with Crippen molar-refractivity contribution in [2.45, 2.75) is 25.6 Å². The Morgan fingerprint density at radius 2 is 1.79 bits per heavy atom. The predicted octanol–water partition coefficient (Wildman–Crippen LogP) is 4.86. The SMILES string of the molecule is B[C@H](Nc1nc(C)nc2cnc(P3CCN(Cc4ccccc4)CC3)cc12)c1cccc(C(F)(F)F)c1F. The third-order valence-electron chi connectivity index (χ3n) is 6.78. The van der Waals surface area contributed by atoms with Crippen LogP contribution in [0.1, 0.15) is 28.5 Å². The lowest BCUT2D eigenvalue weighted by Gasteiger charge is -2.32. The Morgan fingerprint density at radius 3 is 2.50 bits per heavy atom. The minimum Gasteiger partial charge on any atom is -0.370 e. The predicted molar refractivity (Wildman–Crippen MR) is 146 cm³/mol. The summed E-state index contributed by atoms with van der Waals surface area (Å²) in [5.41, 5.74) is 1.59. The van der Waals surface area contributed by atoms with Gasteiger partial charge in [0.15, 0.2) is 0 Å². The Kier molecular flexibility index (Phi) is 7.64. The van der Waals surface area contributed by atoms with Gasteiger partial charge in [0, 0.05) is 36.5 Å². The molecule has 0 amide bonds. The van der Waals surface area contributed by atoms with Crippen LogP contribution in [0, 0.1) is 12.7 Å². The topological polar surface area (TPSA) is 53.9 Å². The molecule has 0 aliphatic carbocycles. The van der Waals surface area contributed by atoms with Gasteiger partial charge in [-0.15, -0.1) is 0 Å². The number of rotatable bonds is 6. The summed E-state index contributed by atoms with van der Waals surface area (Å²) in [6.45, 7) is 4.64. The zero-order chi connectivity index (χ0) is 26.9. The summed E-state index contributed by atoms with van der Waals surface area (Å²) in [7, 11) is 1.15. The number of nitrogens with one attached hydrogen (secondary N) is 1. The average Bonchev–Trinajstić information content (AvgIpc) is 2.89. The monoisotopic (exact) mass is 539 g/mol. The molecule has 2 aromatic heterocycles. The number of halogens is 4. The van der Waals surface area contributed by atoms with Crippen LogP contribution in [0.5, 0.6) is 0 Å². The van der Waals surface area contributed by atoms with Crippen molar-refractivity contribution in [3.63, 3.8) is 0 Å². The molecule has 1 aliphatic heterocycles. The summed E-state index contributed by atoms with van der Waals surface area (Å²) in [5, 5.41) is 3.87. The van der Waals surface area contributed by atoms with Crippen LogP contribution >= 0.6 is 7.92 Å². The third kappa shape index (κ3) is 5.81. The van der Waals surface area contributed by atoms with E-state index in [0.717, 1.165) is 48.8 Å². The third-order valence-corrected chi connectivity index (χ3v) is 9.15. The highest BCUT2D eigenvalue weighted by Gasteiger charge is 2.35. The van der Waals surface area contributed by atoms with Gasteiger partial charge in [0.1, 0.15) is 25.3 Å². The molecule has 0 unspecified atom stereocenters. The molecule has 4 aromatic rings. The summed E-state index contributed by atoms with van der Waals surface area (Å²) in [6, 6.07) is 15.7. The first kappa shape index (κ1) is 26.5. The highest BCUT2D eigenvalue weighted by atomic mass is 31.1. The summed E-state index contributed by atoms with van der Waals surface area (Å²) >= 11 is 0. The lowest BCUT2D eigenvalue weighted by molar-refractivity contribution is -0.140. The van der Waals surface area contributed by atoms with E-state index in [-0.39, 0.29) is 5.56 Å². The fraction of sp³-hybridized carbons (Fsp3) is 0.296. The van der Waals surface area contributed by atoms with E-state index < -0.39 is 31.4 Å². The smallest absolute Gasteiger partial charge is 0.370 e. The summed E-state index contributed by atoms with van der Waals surface area (Å²) < 4.78 is 54.5. The number of anilines is 1. The second-order valence-corrected chi connectivity index (χ2v) is 11.9. The van der Waals surface area contributed by atoms with Crippen molar-refractivity contribution < 1.29 is 17.6 Å². The molecule has 1 N–H and O–H groups in total. The van der Waals surface area contributed by atoms with Crippen molar-refractivity contribution in [1.82, 2.24) is 19.9 Å². The Labute approximate surface area is 220 Å². The first-order valence-electron chi connectivity index (χ1n) is 12.5. The molecule has 196 valence electrons. The van der Waals surface area contributed by atoms with E-state index in [1.165, 1.54) is 17.7 Å². The number of aryl methyl sites for hydroxylation is 1. The van der Waals surface area contributed by atoms with Crippen molar-refractivity contribution >= 4 is 37.9 Å². The molecule has 2 aromatic carbocycles. The van der Waals surface area contributed by atoms with Crippen molar-refractivity contribution in [3.8, 4) is 0 Å². The Bertz CT molecular complexity index is 1430. The van der Waals surface area contributed by atoms with Crippen LogP contribution in [-0.4, -0.2) is 53.1 Å². The Morgan fingerprint density at radius 1 is 1.05 bits per heavy atom. The molecule has 5 nitrogen and oxygen atoms in total. The van der Waals surface area contributed by atoms with Gasteiger partial charge in [-0.05, 0) is 36.9 Å². The highest BCUT2D eigenvalue weighted by Crippen LogP contribution is 2.38. The van der Waals surface area contributed by atoms with Gasteiger partial charge in [0.2, 0.25) is 0 Å². The number of alkyl halides is 3. The first-order valence-corrected chi connectivity index (χ1v) is 14.2. The van der Waals surface area contributed by atoms with E-state index in [4.69, 9.17) is 4.98 Å². The van der Waals surface area contributed by atoms with E-state index in [2.05, 4.69) is 44.5 Å². The van der Waals surface area contributed by atoms with Gasteiger partial charge in [-0.1, -0.05) is 50.4 Å². The van der Waals surface area contributed by atoms with Crippen LogP contribution in [0.25, 0.3) is 10.9 Å². The lowest BCUT2D eigenvalue weighted by Crippen LogP contribution is -2.35. The van der Waals surface area contributed by atoms with Crippen molar-refractivity contribution in [3.05, 3.63) is 89.1 Å². The second kappa shape index (κ2) is 10.9. The minimum atomic E-state index is -4.77. The molecule has 38 heavy (non-hydrogen) atoms. The van der Waals surface area contributed by atoms with E-state index >= 15 is 0 Å². The van der Waals surface area contributed by atoms with Crippen LogP contribution in [0.2, 0.25) is 0 Å². The molecular formula is C27H27BF4N5P. The first-order chi connectivity index (χ1) is 18.2. The van der Waals surface area contributed by atoms with Gasteiger partial charge in [0.05, 0.1) is 22.7 Å². The largest absolute Gasteiger partial charge is 0.419 e. The molecule has 1 saturated heterocycles. The molecule has 0 bridgehead atoms. The van der Waals surface area contributed by atoms with Crippen LogP contribution in [-0.2, 0) is 12.7 Å². The Hall–Kier alpha value is -3.10. The summed E-state index contributed by atoms with van der Waals surface area (Å²) in [5.74, 6) is -1.08. The van der Waals surface area contributed by atoms with Gasteiger partial charge in [-0.25, -0.2) is 14.4 Å². The molecule has 1 aliphatic rings. The maximum Gasteiger partial charge on any atom is 0.419 e. The van der Waals surface area contributed by atoms with Crippen molar-refractivity contribution in [2.24, 2.45) is 0 Å². The fourth-order valence-corrected chi connectivity index (χ4v) is 7.05. The molecule has 0 saturated carbocycles. The van der Waals surface area contributed by atoms with Crippen molar-refractivity contribution in [1.29, 1.82) is 0 Å². The van der Waals surface area contributed by atoms with Crippen molar-refractivity contribution in [2.75, 3.05) is 30.7 Å². The molecule has 11 heteroatoms. The summed E-state index contributed by atoms with van der Waals surface area (Å²) in [6.07, 6.45) is -0.972.